The van der Waals surface area contributed by atoms with Gasteiger partial charge in [-0.2, -0.15) is 13.2 Å². The van der Waals surface area contributed by atoms with Crippen molar-refractivity contribution in [3.63, 3.8) is 0 Å². The molecule has 2 heterocycles. The summed E-state index contributed by atoms with van der Waals surface area (Å²) in [6.45, 7) is 6.71. The Balaban J connectivity index is 1.84. The number of hydrogen-bond donors (Lipinski definition) is 2. The number of fused-ring (bicyclic) bond motifs is 1. The quantitative estimate of drug-likeness (QED) is 0.347. The van der Waals surface area contributed by atoms with Gasteiger partial charge in [0.15, 0.2) is 9.84 Å². The van der Waals surface area contributed by atoms with Gasteiger partial charge in [0.05, 0.1) is 33.9 Å². The summed E-state index contributed by atoms with van der Waals surface area (Å²) in [5.41, 5.74) is 2.19. The van der Waals surface area contributed by atoms with Crippen LogP contribution in [0, 0.1) is 5.82 Å². The maximum absolute atomic E-state index is 15.6. The van der Waals surface area contributed by atoms with Gasteiger partial charge in [0.2, 0.25) is 5.89 Å². The van der Waals surface area contributed by atoms with Crippen molar-refractivity contribution in [1.29, 1.82) is 0 Å². The number of nitrogens with two attached hydrogens (primary N) is 1. The third kappa shape index (κ3) is 7.39. The highest BCUT2D eigenvalue weighted by molar-refractivity contribution is 7.91. The number of nitrogens with zero attached hydrogens (tertiary/aromatic N) is 3. The number of carbonyl (C=O) groups excluding carboxylic acids is 2. The van der Waals surface area contributed by atoms with Crippen molar-refractivity contribution in [2.45, 2.75) is 75.3 Å². The van der Waals surface area contributed by atoms with E-state index >= 15 is 4.39 Å². The molecule has 3 aromatic rings. The van der Waals surface area contributed by atoms with Crippen LogP contribution in [0.5, 0.6) is 0 Å². The Kier molecular flexibility index (Phi) is 9.00. The van der Waals surface area contributed by atoms with Crippen molar-refractivity contribution >= 4 is 39.1 Å². The van der Waals surface area contributed by atoms with Crippen molar-refractivity contribution in [2.75, 3.05) is 10.7 Å². The smallest absolute Gasteiger partial charge is 0.408 e. The molecule has 0 aliphatic carbocycles. The average Bonchev–Trinajstić information content (AvgIpc) is 3.39. The molecule has 17 heteroatoms. The van der Waals surface area contributed by atoms with E-state index in [9.17, 15) is 31.2 Å². The minimum Gasteiger partial charge on any atom is -0.444 e. The molecule has 2 aromatic carbocycles. The van der Waals surface area contributed by atoms with Crippen molar-refractivity contribution in [2.24, 2.45) is 5.73 Å². The van der Waals surface area contributed by atoms with Gasteiger partial charge in [-0.3, -0.25) is 4.79 Å². The molecule has 244 valence electrons. The number of hydrogen-bond acceptors (Lipinski definition) is 9. The highest BCUT2D eigenvalue weighted by atomic mass is 35.5. The van der Waals surface area contributed by atoms with E-state index in [1.165, 1.54) is 12.1 Å². The number of ether oxygens (including phenoxy) is 1. The number of rotatable bonds is 6. The molecule has 1 unspecified atom stereocenters. The summed E-state index contributed by atoms with van der Waals surface area (Å²) in [7, 11) is -4.45. The first-order chi connectivity index (χ1) is 20.6. The zero-order valence-corrected chi connectivity index (χ0v) is 26.3. The van der Waals surface area contributed by atoms with Crippen LogP contribution in [0.15, 0.2) is 45.7 Å². The summed E-state index contributed by atoms with van der Waals surface area (Å²) in [6.07, 6.45) is -5.88. The Morgan fingerprint density at radius 3 is 2.36 bits per heavy atom. The highest BCUT2D eigenvalue weighted by Gasteiger charge is 2.50. The van der Waals surface area contributed by atoms with Crippen molar-refractivity contribution in [1.82, 2.24) is 15.5 Å². The Morgan fingerprint density at radius 2 is 1.78 bits per heavy atom. The van der Waals surface area contributed by atoms with Gasteiger partial charge >= 0.3 is 12.3 Å². The van der Waals surface area contributed by atoms with Crippen molar-refractivity contribution in [3.05, 3.63) is 58.7 Å². The predicted molar refractivity (Wildman–Crippen MR) is 155 cm³/mol. The zero-order chi connectivity index (χ0) is 33.7. The lowest BCUT2D eigenvalue weighted by molar-refractivity contribution is -0.162. The van der Waals surface area contributed by atoms with Crippen LogP contribution in [-0.4, -0.2) is 60.2 Å². The summed E-state index contributed by atoms with van der Waals surface area (Å²) in [4.78, 5) is 26.9. The lowest BCUT2D eigenvalue weighted by Gasteiger charge is -2.29. The highest BCUT2D eigenvalue weighted by Crippen LogP contribution is 2.39. The lowest BCUT2D eigenvalue weighted by atomic mass is 9.84. The largest absolute Gasteiger partial charge is 0.444 e. The van der Waals surface area contributed by atoms with Crippen LogP contribution in [0.2, 0.25) is 5.02 Å². The first-order valence-corrected chi connectivity index (χ1v) is 15.4. The topological polar surface area (TPSA) is 158 Å². The second-order valence-corrected chi connectivity index (χ2v) is 14.4. The van der Waals surface area contributed by atoms with Gasteiger partial charge in [-0.15, -0.1) is 10.2 Å². The summed E-state index contributed by atoms with van der Waals surface area (Å²) >= 11 is 5.99. The third-order valence-corrected chi connectivity index (χ3v) is 8.93. The van der Waals surface area contributed by atoms with Crippen LogP contribution in [0.25, 0.3) is 11.5 Å². The molecule has 1 aliphatic heterocycles. The molecule has 11 nitrogen and oxygen atoms in total. The van der Waals surface area contributed by atoms with Gasteiger partial charge in [-0.05, 0) is 64.4 Å². The maximum Gasteiger partial charge on any atom is 0.408 e. The average molecular weight is 676 g/mol. The SMILES string of the molecule is CC(C)(C)OC(=O)N[C@H]1CS(=O)(=O)c2cc(F)c(-c3nnc(C(C)(C)C(N)C(F)(F)F)o3)cc2N(Cc2ccc(Cl)cc2)C1=O. The minimum atomic E-state index is -4.83. The number of anilines is 1. The Labute approximate surface area is 261 Å². The van der Waals surface area contributed by atoms with E-state index in [2.05, 4.69) is 15.5 Å². The van der Waals surface area contributed by atoms with E-state index in [-0.39, 0.29) is 12.2 Å². The van der Waals surface area contributed by atoms with Crippen LogP contribution in [0.4, 0.5) is 28.0 Å². The molecular weight excluding hydrogens is 646 g/mol. The van der Waals surface area contributed by atoms with Gasteiger partial charge in [0.25, 0.3) is 11.8 Å². The van der Waals surface area contributed by atoms with E-state index < -0.39 is 84.9 Å². The Morgan fingerprint density at radius 1 is 1.16 bits per heavy atom. The molecule has 4 rings (SSSR count). The van der Waals surface area contributed by atoms with E-state index in [4.69, 9.17) is 26.5 Å². The first kappa shape index (κ1) is 34.1. The van der Waals surface area contributed by atoms with Crippen molar-refractivity contribution < 1.29 is 44.7 Å². The number of benzene rings is 2. The van der Waals surface area contributed by atoms with Crippen LogP contribution < -0.4 is 16.0 Å². The molecule has 1 aromatic heterocycles. The zero-order valence-electron chi connectivity index (χ0n) is 24.7. The second-order valence-electron chi connectivity index (χ2n) is 12.0. The van der Waals surface area contributed by atoms with Gasteiger partial charge in [0.1, 0.15) is 23.5 Å². The Bertz CT molecular complexity index is 1720. The van der Waals surface area contributed by atoms with Crippen LogP contribution in [0.1, 0.15) is 46.1 Å². The molecule has 0 saturated carbocycles. The Hall–Kier alpha value is -3.76. The van der Waals surface area contributed by atoms with Crippen LogP contribution in [-0.2, 0) is 31.3 Å². The van der Waals surface area contributed by atoms with Crippen molar-refractivity contribution in [3.8, 4) is 11.5 Å². The van der Waals surface area contributed by atoms with E-state index in [0.29, 0.717) is 16.7 Å². The predicted octanol–water partition coefficient (Wildman–Crippen LogP) is 4.91. The first-order valence-electron chi connectivity index (χ1n) is 13.4. The molecule has 2 atom stereocenters. The lowest BCUT2D eigenvalue weighted by Crippen LogP contribution is -2.51. The summed E-state index contributed by atoms with van der Waals surface area (Å²) in [5, 5.41) is 10.0. The normalized spacial score (nSPS) is 17.8. The molecule has 0 radical (unpaired) electrons. The molecule has 0 fully saturated rings. The molecule has 3 N–H and O–H groups in total. The molecule has 2 amide bonds. The molecule has 45 heavy (non-hydrogen) atoms. The number of halogens is 5. The number of carbonyl (C=O) groups is 2. The number of nitrogens with one attached hydrogen (secondary N) is 1. The van der Waals surface area contributed by atoms with Gasteiger partial charge in [-0.25, -0.2) is 17.6 Å². The second kappa shape index (κ2) is 11.9. The number of amides is 2. The number of alkyl halides is 3. The molecule has 1 aliphatic rings. The van der Waals surface area contributed by atoms with Crippen LogP contribution in [0.3, 0.4) is 0 Å². The van der Waals surface area contributed by atoms with E-state index in [1.54, 1.807) is 32.9 Å². The van der Waals surface area contributed by atoms with Gasteiger partial charge in [0, 0.05) is 5.02 Å². The van der Waals surface area contributed by atoms with E-state index in [0.717, 1.165) is 24.8 Å². The maximum atomic E-state index is 15.6. The summed E-state index contributed by atoms with van der Waals surface area (Å²) in [6, 6.07) is 3.79. The molecule has 0 spiro atoms. The third-order valence-electron chi connectivity index (χ3n) is 6.91. The van der Waals surface area contributed by atoms with E-state index in [1.807, 2.05) is 0 Å². The van der Waals surface area contributed by atoms with Crippen LogP contribution >= 0.6 is 11.6 Å². The molecule has 0 saturated heterocycles. The fourth-order valence-corrected chi connectivity index (χ4v) is 6.22. The number of sulfone groups is 1. The number of aromatic nitrogens is 2. The fourth-order valence-electron chi connectivity index (χ4n) is 4.48. The number of alkyl carbamates (subject to hydrolysis) is 1. The molecule has 0 bridgehead atoms. The van der Waals surface area contributed by atoms with Gasteiger partial charge < -0.3 is 25.1 Å². The monoisotopic (exact) mass is 675 g/mol. The fraction of sp³-hybridized carbons (Fsp3) is 0.429. The molecular formula is C28H30ClF4N5O6S. The minimum absolute atomic E-state index is 0.251. The van der Waals surface area contributed by atoms with Gasteiger partial charge in [-0.1, -0.05) is 23.7 Å². The summed E-state index contributed by atoms with van der Waals surface area (Å²) in [5.74, 6) is -4.12. The summed E-state index contributed by atoms with van der Waals surface area (Å²) < 4.78 is 93.5. The standard InChI is InChI=1S/C28H30ClF4N5O6S/c1-26(2,3)44-25(40)35-18-13-45(41,42)20-11-17(30)16(21-36-37-24(43-21)27(4,5)23(34)28(31,32)33)10-19(20)38(22(18)39)12-14-6-8-15(29)9-7-14/h6-11,18,23H,12-13,34H2,1-5H3,(H,35,40)/t18-,23?/m0/s1.